The molecular formula is C16H17FN2O2. The van der Waals surface area contributed by atoms with Gasteiger partial charge in [-0.2, -0.15) is 0 Å². The van der Waals surface area contributed by atoms with Crippen LogP contribution in [0.1, 0.15) is 28.9 Å². The van der Waals surface area contributed by atoms with Gasteiger partial charge in [-0.25, -0.2) is 4.39 Å². The third-order valence-electron chi connectivity index (χ3n) is 3.21. The number of halogens is 1. The lowest BCUT2D eigenvalue weighted by Crippen LogP contribution is -2.12. The fourth-order valence-electron chi connectivity index (χ4n) is 2.04. The van der Waals surface area contributed by atoms with Gasteiger partial charge in [0, 0.05) is 17.3 Å². The van der Waals surface area contributed by atoms with Crippen molar-refractivity contribution in [2.24, 2.45) is 5.73 Å². The minimum atomic E-state index is -0.477. The van der Waals surface area contributed by atoms with Crippen molar-refractivity contribution in [3.8, 4) is 5.75 Å². The average Bonchev–Trinajstić information content (AvgIpc) is 2.47. The van der Waals surface area contributed by atoms with Crippen LogP contribution in [0.2, 0.25) is 0 Å². The number of rotatable bonds is 5. The fraction of sp³-hybridized carbons (Fsp3) is 0.188. The first kappa shape index (κ1) is 14.8. The van der Waals surface area contributed by atoms with Crippen molar-refractivity contribution in [2.45, 2.75) is 13.0 Å². The molecule has 0 aliphatic heterocycles. The summed E-state index contributed by atoms with van der Waals surface area (Å²) >= 11 is 0. The number of carbonyl (C=O) groups is 1. The summed E-state index contributed by atoms with van der Waals surface area (Å²) in [6.07, 6.45) is 0. The van der Waals surface area contributed by atoms with Crippen LogP contribution in [0.15, 0.2) is 42.5 Å². The third-order valence-corrected chi connectivity index (χ3v) is 3.21. The van der Waals surface area contributed by atoms with E-state index in [0.717, 1.165) is 11.3 Å². The number of anilines is 1. The van der Waals surface area contributed by atoms with E-state index in [1.54, 1.807) is 30.3 Å². The molecule has 0 saturated heterocycles. The van der Waals surface area contributed by atoms with Gasteiger partial charge in [0.05, 0.1) is 7.11 Å². The Bertz CT molecular complexity index is 658. The van der Waals surface area contributed by atoms with Gasteiger partial charge in [-0.15, -0.1) is 0 Å². The highest BCUT2D eigenvalue weighted by Gasteiger charge is 2.10. The van der Waals surface area contributed by atoms with Crippen molar-refractivity contribution in [1.82, 2.24) is 0 Å². The molecule has 3 N–H and O–H groups in total. The molecule has 1 unspecified atom stereocenters. The standard InChI is InChI=1S/C16H17FN2O2/c1-10(11-6-7-14(17)15(9-11)21-2)19-13-5-3-4-12(8-13)16(18)20/h3-10,19H,1-2H3,(H2,18,20). The van der Waals surface area contributed by atoms with E-state index in [1.807, 2.05) is 13.0 Å². The molecule has 0 spiro atoms. The molecule has 0 aromatic heterocycles. The van der Waals surface area contributed by atoms with Crippen LogP contribution < -0.4 is 15.8 Å². The van der Waals surface area contributed by atoms with Gasteiger partial charge in [0.25, 0.3) is 0 Å². The molecule has 0 saturated carbocycles. The smallest absolute Gasteiger partial charge is 0.248 e. The third kappa shape index (κ3) is 3.51. The van der Waals surface area contributed by atoms with Gasteiger partial charge in [0.15, 0.2) is 11.6 Å². The maximum atomic E-state index is 13.4. The van der Waals surface area contributed by atoms with Gasteiger partial charge in [-0.1, -0.05) is 12.1 Å². The predicted molar refractivity (Wildman–Crippen MR) is 79.9 cm³/mol. The molecule has 0 bridgehead atoms. The molecule has 2 aromatic rings. The minimum Gasteiger partial charge on any atom is -0.494 e. The number of ether oxygens (including phenoxy) is 1. The Balaban J connectivity index is 2.19. The van der Waals surface area contributed by atoms with Crippen LogP contribution in [0.5, 0.6) is 5.75 Å². The van der Waals surface area contributed by atoms with E-state index < -0.39 is 11.7 Å². The number of nitrogens with one attached hydrogen (secondary N) is 1. The highest BCUT2D eigenvalue weighted by atomic mass is 19.1. The van der Waals surface area contributed by atoms with E-state index in [2.05, 4.69) is 5.32 Å². The zero-order valence-electron chi connectivity index (χ0n) is 11.9. The monoisotopic (exact) mass is 288 g/mol. The van der Waals surface area contributed by atoms with Crippen molar-refractivity contribution < 1.29 is 13.9 Å². The van der Waals surface area contributed by atoms with E-state index in [9.17, 15) is 9.18 Å². The van der Waals surface area contributed by atoms with E-state index >= 15 is 0 Å². The summed E-state index contributed by atoms with van der Waals surface area (Å²) in [5.74, 6) is -0.675. The van der Waals surface area contributed by atoms with Crippen molar-refractivity contribution in [1.29, 1.82) is 0 Å². The number of hydrogen-bond acceptors (Lipinski definition) is 3. The van der Waals surface area contributed by atoms with Crippen LogP contribution in [0.25, 0.3) is 0 Å². The molecule has 2 rings (SSSR count). The summed E-state index contributed by atoms with van der Waals surface area (Å²) in [4.78, 5) is 11.2. The van der Waals surface area contributed by atoms with Crippen LogP contribution in [0.4, 0.5) is 10.1 Å². The number of primary amides is 1. The first-order valence-electron chi connectivity index (χ1n) is 6.51. The first-order valence-corrected chi connectivity index (χ1v) is 6.51. The fourth-order valence-corrected chi connectivity index (χ4v) is 2.04. The van der Waals surface area contributed by atoms with Crippen LogP contribution in [-0.2, 0) is 0 Å². The molecule has 1 amide bonds. The van der Waals surface area contributed by atoms with Gasteiger partial charge < -0.3 is 15.8 Å². The SMILES string of the molecule is COc1cc(C(C)Nc2cccc(C(N)=O)c2)ccc1F. The average molecular weight is 288 g/mol. The van der Waals surface area contributed by atoms with Crippen molar-refractivity contribution in [2.75, 3.05) is 12.4 Å². The second-order valence-electron chi connectivity index (χ2n) is 4.71. The van der Waals surface area contributed by atoms with Crippen molar-refractivity contribution in [3.63, 3.8) is 0 Å². The second-order valence-corrected chi connectivity index (χ2v) is 4.71. The molecule has 0 radical (unpaired) electrons. The zero-order valence-corrected chi connectivity index (χ0v) is 11.9. The predicted octanol–water partition coefficient (Wildman–Crippen LogP) is 3.11. The molecule has 2 aromatic carbocycles. The van der Waals surface area contributed by atoms with Gasteiger partial charge in [0.2, 0.25) is 5.91 Å². The molecule has 5 heteroatoms. The molecule has 21 heavy (non-hydrogen) atoms. The Kier molecular flexibility index (Phi) is 4.42. The normalized spacial score (nSPS) is 11.8. The zero-order chi connectivity index (χ0) is 15.4. The van der Waals surface area contributed by atoms with Gasteiger partial charge in [0.1, 0.15) is 0 Å². The molecular weight excluding hydrogens is 271 g/mol. The molecule has 0 aliphatic rings. The largest absolute Gasteiger partial charge is 0.494 e. The van der Waals surface area contributed by atoms with Crippen LogP contribution >= 0.6 is 0 Å². The highest BCUT2D eigenvalue weighted by Crippen LogP contribution is 2.25. The molecule has 0 aliphatic carbocycles. The number of nitrogens with two attached hydrogens (primary N) is 1. The van der Waals surface area contributed by atoms with Gasteiger partial charge >= 0.3 is 0 Å². The maximum absolute atomic E-state index is 13.4. The summed E-state index contributed by atoms with van der Waals surface area (Å²) in [5.41, 5.74) is 7.33. The Morgan fingerprint density at radius 3 is 2.71 bits per heavy atom. The van der Waals surface area contributed by atoms with Crippen LogP contribution in [-0.4, -0.2) is 13.0 Å². The molecule has 110 valence electrons. The topological polar surface area (TPSA) is 64.3 Å². The van der Waals surface area contributed by atoms with E-state index in [1.165, 1.54) is 13.2 Å². The van der Waals surface area contributed by atoms with Crippen molar-refractivity contribution in [3.05, 3.63) is 59.4 Å². The van der Waals surface area contributed by atoms with Crippen LogP contribution in [0, 0.1) is 5.82 Å². The first-order chi connectivity index (χ1) is 10.0. The summed E-state index contributed by atoms with van der Waals surface area (Å²) in [7, 11) is 1.43. The van der Waals surface area contributed by atoms with Gasteiger partial charge in [-0.3, -0.25) is 4.79 Å². The Morgan fingerprint density at radius 1 is 1.29 bits per heavy atom. The summed E-state index contributed by atoms with van der Waals surface area (Å²) in [5, 5.41) is 3.24. The van der Waals surface area contributed by atoms with Gasteiger partial charge in [-0.05, 0) is 42.8 Å². The molecule has 4 nitrogen and oxygen atoms in total. The lowest BCUT2D eigenvalue weighted by atomic mass is 10.1. The maximum Gasteiger partial charge on any atom is 0.248 e. The molecule has 0 fully saturated rings. The number of hydrogen-bond donors (Lipinski definition) is 2. The Morgan fingerprint density at radius 2 is 2.05 bits per heavy atom. The highest BCUT2D eigenvalue weighted by molar-refractivity contribution is 5.93. The van der Waals surface area contributed by atoms with E-state index in [4.69, 9.17) is 10.5 Å². The summed E-state index contributed by atoms with van der Waals surface area (Å²) < 4.78 is 18.4. The number of benzene rings is 2. The van der Waals surface area contributed by atoms with E-state index in [-0.39, 0.29) is 11.8 Å². The molecule has 1 atom stereocenters. The summed E-state index contributed by atoms with van der Waals surface area (Å²) in [6.45, 7) is 1.93. The number of methoxy groups -OCH3 is 1. The number of carbonyl (C=O) groups excluding carboxylic acids is 1. The lowest BCUT2D eigenvalue weighted by molar-refractivity contribution is 0.100. The lowest BCUT2D eigenvalue weighted by Gasteiger charge is -2.17. The minimum absolute atomic E-state index is 0.0809. The van der Waals surface area contributed by atoms with E-state index in [0.29, 0.717) is 5.56 Å². The van der Waals surface area contributed by atoms with Crippen molar-refractivity contribution >= 4 is 11.6 Å². The second kappa shape index (κ2) is 6.26. The quantitative estimate of drug-likeness (QED) is 0.888. The number of amides is 1. The Hall–Kier alpha value is -2.56. The summed E-state index contributed by atoms with van der Waals surface area (Å²) in [6, 6.07) is 11.5. The van der Waals surface area contributed by atoms with Crippen LogP contribution in [0.3, 0.4) is 0 Å². The Labute approximate surface area is 122 Å². The molecule has 0 heterocycles.